The van der Waals surface area contributed by atoms with Crippen molar-refractivity contribution >= 4 is 5.78 Å². The molecule has 1 aliphatic rings. The van der Waals surface area contributed by atoms with Gasteiger partial charge < -0.3 is 0 Å². The highest BCUT2D eigenvalue weighted by Gasteiger charge is 2.06. The lowest BCUT2D eigenvalue weighted by Gasteiger charge is -2.06. The van der Waals surface area contributed by atoms with Gasteiger partial charge in [0.05, 0.1) is 0 Å². The van der Waals surface area contributed by atoms with Crippen LogP contribution in [0.3, 0.4) is 0 Å². The predicted octanol–water partition coefficient (Wildman–Crippen LogP) is 2.24. The van der Waals surface area contributed by atoms with Crippen LogP contribution in [-0.2, 0) is 4.79 Å². The molecule has 1 nitrogen and oxygen atoms in total. The molecule has 1 aliphatic carbocycles. The van der Waals surface area contributed by atoms with Gasteiger partial charge in [0.25, 0.3) is 0 Å². The van der Waals surface area contributed by atoms with Crippen LogP contribution in [0.25, 0.3) is 0 Å². The van der Waals surface area contributed by atoms with E-state index in [9.17, 15) is 4.79 Å². The van der Waals surface area contributed by atoms with Crippen LogP contribution in [0.4, 0.5) is 0 Å². The van der Waals surface area contributed by atoms with Gasteiger partial charge in [-0.1, -0.05) is 12.2 Å². The van der Waals surface area contributed by atoms with Crippen LogP contribution < -0.4 is 0 Å². The molecule has 0 N–H and O–H groups in total. The van der Waals surface area contributed by atoms with Gasteiger partial charge in [0.2, 0.25) is 0 Å². The van der Waals surface area contributed by atoms with Crippen molar-refractivity contribution in [3.63, 3.8) is 0 Å². The normalized spacial score (nSPS) is 19.7. The SMILES string of the molecule is C/C=C\C1=CC(=O)CCC1. The van der Waals surface area contributed by atoms with Crippen molar-refractivity contribution in [2.45, 2.75) is 26.2 Å². The zero-order chi connectivity index (χ0) is 7.40. The molecule has 0 unspecified atom stereocenters. The molecule has 0 saturated heterocycles. The molecule has 10 heavy (non-hydrogen) atoms. The molecule has 0 radical (unpaired) electrons. The van der Waals surface area contributed by atoms with Crippen molar-refractivity contribution in [1.82, 2.24) is 0 Å². The number of carbonyl (C=O) groups is 1. The Hall–Kier alpha value is -0.850. The smallest absolute Gasteiger partial charge is 0.155 e. The van der Waals surface area contributed by atoms with Crippen molar-refractivity contribution in [1.29, 1.82) is 0 Å². The fourth-order valence-electron chi connectivity index (χ4n) is 1.16. The molecule has 0 amide bonds. The molecule has 0 fully saturated rings. The van der Waals surface area contributed by atoms with Gasteiger partial charge in [-0.05, 0) is 31.4 Å². The lowest BCUT2D eigenvalue weighted by atomic mass is 9.98. The summed E-state index contributed by atoms with van der Waals surface area (Å²) in [6.07, 6.45) is 8.57. The van der Waals surface area contributed by atoms with Gasteiger partial charge in [0.1, 0.15) is 0 Å². The molecule has 0 saturated carbocycles. The Morgan fingerprint density at radius 3 is 2.90 bits per heavy atom. The van der Waals surface area contributed by atoms with Crippen molar-refractivity contribution in [3.05, 3.63) is 23.8 Å². The fraction of sp³-hybridized carbons (Fsp3) is 0.444. The van der Waals surface area contributed by atoms with E-state index in [0.29, 0.717) is 0 Å². The third-order valence-electron chi connectivity index (χ3n) is 1.62. The number of hydrogen-bond acceptors (Lipinski definition) is 1. The molecule has 0 spiro atoms. The average molecular weight is 136 g/mol. The second kappa shape index (κ2) is 3.35. The van der Waals surface area contributed by atoms with Gasteiger partial charge in [-0.2, -0.15) is 0 Å². The molecule has 1 heteroatoms. The first-order chi connectivity index (χ1) is 4.83. The summed E-state index contributed by atoms with van der Waals surface area (Å²) < 4.78 is 0. The predicted molar refractivity (Wildman–Crippen MR) is 41.8 cm³/mol. The van der Waals surface area contributed by atoms with E-state index in [1.54, 1.807) is 6.08 Å². The van der Waals surface area contributed by atoms with Gasteiger partial charge in [-0.3, -0.25) is 4.79 Å². The maximum atomic E-state index is 10.8. The number of rotatable bonds is 1. The topological polar surface area (TPSA) is 17.1 Å². The quantitative estimate of drug-likeness (QED) is 0.540. The van der Waals surface area contributed by atoms with Crippen LogP contribution in [0.2, 0.25) is 0 Å². The molecule has 0 aromatic carbocycles. The minimum atomic E-state index is 0.277. The van der Waals surface area contributed by atoms with Crippen molar-refractivity contribution in [3.8, 4) is 0 Å². The molecule has 0 aromatic rings. The Kier molecular flexibility index (Phi) is 2.43. The molecule has 0 bridgehead atoms. The largest absolute Gasteiger partial charge is 0.295 e. The minimum absolute atomic E-state index is 0.277. The summed E-state index contributed by atoms with van der Waals surface area (Å²) in [5.74, 6) is 0.277. The second-order valence-electron chi connectivity index (χ2n) is 2.54. The highest BCUT2D eigenvalue weighted by molar-refractivity contribution is 5.91. The second-order valence-corrected chi connectivity index (χ2v) is 2.54. The summed E-state index contributed by atoms with van der Waals surface area (Å²) in [6, 6.07) is 0. The van der Waals surface area contributed by atoms with Crippen molar-refractivity contribution in [2.75, 3.05) is 0 Å². The number of allylic oxidation sites excluding steroid dienone is 4. The van der Waals surface area contributed by atoms with Gasteiger partial charge in [-0.25, -0.2) is 0 Å². The van der Waals surface area contributed by atoms with E-state index in [-0.39, 0.29) is 5.78 Å². The van der Waals surface area contributed by atoms with Crippen LogP contribution in [-0.4, -0.2) is 5.78 Å². The third kappa shape index (κ3) is 1.83. The molecule has 0 atom stereocenters. The maximum absolute atomic E-state index is 10.8. The Labute approximate surface area is 61.4 Å². The molecular formula is C9H12O. The number of hydrogen-bond donors (Lipinski definition) is 0. The Bertz CT molecular complexity index is 187. The Morgan fingerprint density at radius 2 is 2.30 bits per heavy atom. The molecule has 54 valence electrons. The summed E-state index contributed by atoms with van der Waals surface area (Å²) in [5, 5.41) is 0. The van der Waals surface area contributed by atoms with Gasteiger partial charge in [0.15, 0.2) is 5.78 Å². The van der Waals surface area contributed by atoms with Gasteiger partial charge in [-0.15, -0.1) is 0 Å². The first-order valence-corrected chi connectivity index (χ1v) is 3.69. The first kappa shape index (κ1) is 7.26. The zero-order valence-electron chi connectivity index (χ0n) is 6.26. The van der Waals surface area contributed by atoms with E-state index in [1.165, 1.54) is 5.57 Å². The molecule has 0 aromatic heterocycles. The monoisotopic (exact) mass is 136 g/mol. The lowest BCUT2D eigenvalue weighted by Crippen LogP contribution is -2.00. The summed E-state index contributed by atoms with van der Waals surface area (Å²) in [4.78, 5) is 10.8. The van der Waals surface area contributed by atoms with Crippen LogP contribution >= 0.6 is 0 Å². The Morgan fingerprint density at radius 1 is 1.50 bits per heavy atom. The van der Waals surface area contributed by atoms with Crippen LogP contribution in [0.1, 0.15) is 26.2 Å². The molecule has 0 heterocycles. The zero-order valence-corrected chi connectivity index (χ0v) is 6.26. The molecule has 1 rings (SSSR count). The van der Waals surface area contributed by atoms with E-state index in [1.807, 2.05) is 19.1 Å². The lowest BCUT2D eigenvalue weighted by molar-refractivity contribution is -0.115. The first-order valence-electron chi connectivity index (χ1n) is 3.69. The third-order valence-corrected chi connectivity index (χ3v) is 1.62. The maximum Gasteiger partial charge on any atom is 0.155 e. The summed E-state index contributed by atoms with van der Waals surface area (Å²) in [5.41, 5.74) is 1.18. The van der Waals surface area contributed by atoms with E-state index in [4.69, 9.17) is 0 Å². The number of ketones is 1. The molecular weight excluding hydrogens is 124 g/mol. The minimum Gasteiger partial charge on any atom is -0.295 e. The van der Waals surface area contributed by atoms with E-state index < -0.39 is 0 Å². The average Bonchev–Trinajstić information content (AvgIpc) is 1.88. The summed E-state index contributed by atoms with van der Waals surface area (Å²) in [7, 11) is 0. The van der Waals surface area contributed by atoms with Gasteiger partial charge in [0, 0.05) is 6.42 Å². The van der Waals surface area contributed by atoms with Crippen LogP contribution in [0.15, 0.2) is 23.8 Å². The number of carbonyl (C=O) groups excluding carboxylic acids is 1. The highest BCUT2D eigenvalue weighted by Crippen LogP contribution is 2.15. The van der Waals surface area contributed by atoms with E-state index in [0.717, 1.165) is 19.3 Å². The fourth-order valence-corrected chi connectivity index (χ4v) is 1.16. The van der Waals surface area contributed by atoms with Crippen molar-refractivity contribution in [2.24, 2.45) is 0 Å². The molecule has 0 aliphatic heterocycles. The van der Waals surface area contributed by atoms with E-state index in [2.05, 4.69) is 0 Å². The van der Waals surface area contributed by atoms with Crippen LogP contribution in [0.5, 0.6) is 0 Å². The van der Waals surface area contributed by atoms with Crippen molar-refractivity contribution < 1.29 is 4.79 Å². The Balaban J connectivity index is 2.66. The van der Waals surface area contributed by atoms with E-state index >= 15 is 0 Å². The highest BCUT2D eigenvalue weighted by atomic mass is 16.1. The summed E-state index contributed by atoms with van der Waals surface area (Å²) >= 11 is 0. The standard InChI is InChI=1S/C9H12O/c1-2-4-8-5-3-6-9(10)7-8/h2,4,7H,3,5-6H2,1H3/b4-2-. The van der Waals surface area contributed by atoms with Crippen LogP contribution in [0, 0.1) is 0 Å². The summed E-state index contributed by atoms with van der Waals surface area (Å²) in [6.45, 7) is 1.97. The van der Waals surface area contributed by atoms with Gasteiger partial charge >= 0.3 is 0 Å².